The number of amides is 4. The van der Waals surface area contributed by atoms with Crippen LogP contribution in [0.15, 0.2) is 30.3 Å². The van der Waals surface area contributed by atoms with Crippen LogP contribution in [0.25, 0.3) is 0 Å². The summed E-state index contributed by atoms with van der Waals surface area (Å²) in [6, 6.07) is 8.63. The Morgan fingerprint density at radius 2 is 1.70 bits per heavy atom. The van der Waals surface area contributed by atoms with E-state index in [4.69, 9.17) is 0 Å². The van der Waals surface area contributed by atoms with Gasteiger partial charge in [-0.25, -0.2) is 0 Å². The van der Waals surface area contributed by atoms with Gasteiger partial charge in [0.15, 0.2) is 0 Å². The van der Waals surface area contributed by atoms with E-state index >= 15 is 0 Å². The van der Waals surface area contributed by atoms with Crippen LogP contribution in [-0.4, -0.2) is 53.1 Å². The normalized spacial score (nSPS) is 21.8. The number of nitrogens with one attached hydrogen (secondary N) is 2. The number of carbonyl (C=O) groups excluding carboxylic acids is 4. The molecule has 1 saturated heterocycles. The van der Waals surface area contributed by atoms with Gasteiger partial charge in [-0.1, -0.05) is 43.2 Å². The van der Waals surface area contributed by atoms with Crippen molar-refractivity contribution >= 4 is 35.4 Å². The predicted octanol–water partition coefficient (Wildman–Crippen LogP) is 1.72. The number of imide groups is 1. The lowest BCUT2D eigenvalue weighted by molar-refractivity contribution is -0.148. The van der Waals surface area contributed by atoms with Crippen LogP contribution in [0.5, 0.6) is 0 Å². The molecule has 1 aliphatic carbocycles. The second-order valence-corrected chi connectivity index (χ2v) is 8.81. The molecule has 4 amide bonds. The van der Waals surface area contributed by atoms with Crippen molar-refractivity contribution in [3.05, 3.63) is 35.9 Å². The van der Waals surface area contributed by atoms with Gasteiger partial charge in [-0.05, 0) is 36.8 Å². The van der Waals surface area contributed by atoms with Crippen LogP contribution >= 0.6 is 11.8 Å². The highest BCUT2D eigenvalue weighted by atomic mass is 32.2. The van der Waals surface area contributed by atoms with Crippen molar-refractivity contribution in [2.75, 3.05) is 18.6 Å². The molecule has 162 valence electrons. The lowest BCUT2D eigenvalue weighted by atomic mass is 9.81. The molecule has 0 bridgehead atoms. The minimum atomic E-state index is -0.857. The molecule has 1 aromatic carbocycles. The third kappa shape index (κ3) is 5.22. The van der Waals surface area contributed by atoms with Crippen molar-refractivity contribution in [2.24, 2.45) is 11.8 Å². The maximum atomic E-state index is 12.9. The Labute approximate surface area is 181 Å². The van der Waals surface area contributed by atoms with Crippen LogP contribution in [0.3, 0.4) is 0 Å². The Morgan fingerprint density at radius 1 is 1.07 bits per heavy atom. The Hall–Kier alpha value is -2.35. The van der Waals surface area contributed by atoms with Gasteiger partial charge in [0, 0.05) is 6.54 Å². The smallest absolute Gasteiger partial charge is 0.243 e. The quantitative estimate of drug-likeness (QED) is 0.581. The summed E-state index contributed by atoms with van der Waals surface area (Å²) < 4.78 is 0. The van der Waals surface area contributed by atoms with Gasteiger partial charge >= 0.3 is 0 Å². The number of thioether (sulfide) groups is 1. The number of rotatable bonds is 9. The fourth-order valence-electron chi connectivity index (χ4n) is 4.25. The van der Waals surface area contributed by atoms with Gasteiger partial charge in [-0.2, -0.15) is 11.8 Å². The van der Waals surface area contributed by atoms with Crippen LogP contribution in [0.2, 0.25) is 0 Å². The highest BCUT2D eigenvalue weighted by Gasteiger charge is 2.51. The maximum absolute atomic E-state index is 12.9. The average molecular weight is 432 g/mol. The zero-order valence-electron chi connectivity index (χ0n) is 17.3. The van der Waals surface area contributed by atoms with Crippen molar-refractivity contribution in [3.63, 3.8) is 0 Å². The van der Waals surface area contributed by atoms with E-state index in [1.807, 2.05) is 36.6 Å². The number of carbonyl (C=O) groups is 4. The monoisotopic (exact) mass is 431 g/mol. The van der Waals surface area contributed by atoms with E-state index in [1.165, 1.54) is 4.90 Å². The molecule has 1 heterocycles. The van der Waals surface area contributed by atoms with Crippen molar-refractivity contribution in [3.8, 4) is 0 Å². The summed E-state index contributed by atoms with van der Waals surface area (Å²) in [5, 5.41) is 5.38. The Bertz CT molecular complexity index is 762. The Morgan fingerprint density at radius 3 is 2.30 bits per heavy atom. The topological polar surface area (TPSA) is 95.6 Å². The number of nitrogens with zero attached hydrogens (tertiary/aromatic N) is 1. The molecule has 0 radical (unpaired) electrons. The fraction of sp³-hybridized carbons (Fsp3) is 0.545. The lowest BCUT2D eigenvalue weighted by Crippen LogP contribution is -2.51. The van der Waals surface area contributed by atoms with Crippen LogP contribution in [0, 0.1) is 11.8 Å². The molecule has 3 atom stereocenters. The summed E-state index contributed by atoms with van der Waals surface area (Å²) in [6.45, 7) is 0.183. The predicted molar refractivity (Wildman–Crippen MR) is 115 cm³/mol. The first-order valence-electron chi connectivity index (χ1n) is 10.5. The summed E-state index contributed by atoms with van der Waals surface area (Å²) in [5.41, 5.74) is 0.964. The van der Waals surface area contributed by atoms with Gasteiger partial charge in [-0.15, -0.1) is 0 Å². The molecule has 2 N–H and O–H groups in total. The molecule has 1 saturated carbocycles. The molecule has 1 aliphatic heterocycles. The van der Waals surface area contributed by atoms with Crippen LogP contribution in [0.1, 0.15) is 37.7 Å². The van der Waals surface area contributed by atoms with E-state index in [1.54, 1.807) is 11.8 Å². The fourth-order valence-corrected chi connectivity index (χ4v) is 4.71. The maximum Gasteiger partial charge on any atom is 0.243 e. The largest absolute Gasteiger partial charge is 0.350 e. The number of hydrogen-bond acceptors (Lipinski definition) is 5. The molecule has 2 aliphatic rings. The summed E-state index contributed by atoms with van der Waals surface area (Å²) in [7, 11) is 0. The standard InChI is InChI=1S/C22H29N3O4S/c1-30-12-11-18(25-21(28)16-9-5-6-10-17(16)22(25)29)20(27)24-14-19(26)23-13-15-7-3-2-4-8-15/h2-4,7-8,16-18H,5-6,9-14H2,1H3,(H,23,26)(H,24,27). The molecular weight excluding hydrogens is 402 g/mol. The lowest BCUT2D eigenvalue weighted by Gasteiger charge is -2.25. The third-order valence-corrected chi connectivity index (χ3v) is 6.48. The molecule has 8 heteroatoms. The van der Waals surface area contributed by atoms with Crippen LogP contribution in [0.4, 0.5) is 0 Å². The highest BCUT2D eigenvalue weighted by molar-refractivity contribution is 7.98. The van der Waals surface area contributed by atoms with E-state index in [9.17, 15) is 19.2 Å². The molecule has 7 nitrogen and oxygen atoms in total. The number of likely N-dealkylation sites (tertiary alicyclic amines) is 1. The van der Waals surface area contributed by atoms with Crippen LogP contribution in [-0.2, 0) is 25.7 Å². The Balaban J connectivity index is 1.59. The third-order valence-electron chi connectivity index (χ3n) is 5.84. The first kappa shape index (κ1) is 22.3. The molecule has 1 aromatic rings. The van der Waals surface area contributed by atoms with E-state index in [0.29, 0.717) is 31.6 Å². The van der Waals surface area contributed by atoms with Crippen molar-refractivity contribution < 1.29 is 19.2 Å². The molecule has 3 unspecified atom stereocenters. The number of fused-ring (bicyclic) bond motifs is 1. The van der Waals surface area contributed by atoms with Crippen molar-refractivity contribution in [2.45, 2.75) is 44.7 Å². The first-order valence-corrected chi connectivity index (χ1v) is 11.9. The van der Waals surface area contributed by atoms with E-state index in [-0.39, 0.29) is 36.1 Å². The van der Waals surface area contributed by atoms with Gasteiger partial charge in [0.2, 0.25) is 23.6 Å². The minimum Gasteiger partial charge on any atom is -0.350 e. The summed E-state index contributed by atoms with van der Waals surface area (Å²) in [4.78, 5) is 52.0. The van der Waals surface area contributed by atoms with E-state index in [2.05, 4.69) is 10.6 Å². The first-order chi connectivity index (χ1) is 14.5. The zero-order valence-corrected chi connectivity index (χ0v) is 18.1. The zero-order chi connectivity index (χ0) is 21.5. The van der Waals surface area contributed by atoms with Gasteiger partial charge < -0.3 is 10.6 Å². The molecule has 3 rings (SSSR count). The Kier molecular flexibility index (Phi) is 7.90. The average Bonchev–Trinajstić information content (AvgIpc) is 3.02. The second-order valence-electron chi connectivity index (χ2n) is 7.82. The van der Waals surface area contributed by atoms with Crippen molar-refractivity contribution in [1.29, 1.82) is 0 Å². The van der Waals surface area contributed by atoms with Gasteiger partial charge in [-0.3, -0.25) is 24.1 Å². The SMILES string of the molecule is CSCCC(C(=O)NCC(=O)NCc1ccccc1)N1C(=O)C2CCCCC2C1=O. The highest BCUT2D eigenvalue weighted by Crippen LogP contribution is 2.39. The van der Waals surface area contributed by atoms with E-state index < -0.39 is 11.9 Å². The number of hydrogen-bond donors (Lipinski definition) is 2. The molecular formula is C22H29N3O4S. The second kappa shape index (κ2) is 10.6. The van der Waals surface area contributed by atoms with Gasteiger partial charge in [0.1, 0.15) is 6.04 Å². The summed E-state index contributed by atoms with van der Waals surface area (Å²) in [6.07, 6.45) is 5.61. The molecule has 0 spiro atoms. The van der Waals surface area contributed by atoms with E-state index in [0.717, 1.165) is 18.4 Å². The number of benzene rings is 1. The molecule has 30 heavy (non-hydrogen) atoms. The molecule has 2 fully saturated rings. The summed E-state index contributed by atoms with van der Waals surface area (Å²) in [5.74, 6) is -1.14. The van der Waals surface area contributed by atoms with Gasteiger partial charge in [0.25, 0.3) is 0 Å². The minimum absolute atomic E-state index is 0.190. The summed E-state index contributed by atoms with van der Waals surface area (Å²) >= 11 is 1.56. The van der Waals surface area contributed by atoms with Crippen molar-refractivity contribution in [1.82, 2.24) is 15.5 Å². The van der Waals surface area contributed by atoms with Crippen LogP contribution < -0.4 is 10.6 Å². The molecule has 0 aromatic heterocycles. The van der Waals surface area contributed by atoms with Gasteiger partial charge in [0.05, 0.1) is 18.4 Å².